The van der Waals surface area contributed by atoms with Crippen molar-refractivity contribution in [1.82, 2.24) is 20.1 Å². The number of aromatic nitrogens is 3. The van der Waals surface area contributed by atoms with Crippen LogP contribution < -0.4 is 0 Å². The zero-order valence-electron chi connectivity index (χ0n) is 13.1. The molecule has 1 N–H and O–H groups in total. The van der Waals surface area contributed by atoms with E-state index in [1.807, 2.05) is 43.5 Å². The molecule has 0 fully saturated rings. The Kier molecular flexibility index (Phi) is 4.06. The molecule has 1 aromatic carbocycles. The Morgan fingerprint density at radius 2 is 2.00 bits per heavy atom. The minimum absolute atomic E-state index is 0.0896. The van der Waals surface area contributed by atoms with Gasteiger partial charge in [0.15, 0.2) is 5.76 Å². The van der Waals surface area contributed by atoms with Gasteiger partial charge >= 0.3 is 0 Å². The summed E-state index contributed by atoms with van der Waals surface area (Å²) in [5.41, 5.74) is 3.32. The Morgan fingerprint density at radius 3 is 2.68 bits per heavy atom. The summed E-state index contributed by atoms with van der Waals surface area (Å²) in [6.45, 7) is 4.92. The molecule has 3 rings (SSSR count). The molecule has 114 valence electrons. The Balaban J connectivity index is 1.74. The van der Waals surface area contributed by atoms with Gasteiger partial charge in [-0.25, -0.2) is 4.98 Å². The largest absolute Gasteiger partial charge is 0.439 e. The number of oxazole rings is 1. The lowest BCUT2D eigenvalue weighted by Crippen LogP contribution is -2.22. The number of benzene rings is 1. The summed E-state index contributed by atoms with van der Waals surface area (Å²) in [4.78, 5) is 6.63. The average Bonchev–Trinajstić information content (AvgIpc) is 3.17. The van der Waals surface area contributed by atoms with Gasteiger partial charge in [-0.2, -0.15) is 5.10 Å². The number of nitrogens with one attached hydrogen (secondary N) is 1. The SMILES string of the molecule is Cc1[nH]ncc1CN(C)C(C)c1ncc(-c2ccccc2)o1. The molecule has 1 unspecified atom stereocenters. The second-order valence-corrected chi connectivity index (χ2v) is 5.54. The normalized spacial score (nSPS) is 12.7. The summed E-state index contributed by atoms with van der Waals surface area (Å²) in [5.74, 6) is 1.53. The Bertz CT molecular complexity index is 732. The molecule has 0 radical (unpaired) electrons. The van der Waals surface area contributed by atoms with Crippen molar-refractivity contribution in [2.24, 2.45) is 0 Å². The summed E-state index contributed by atoms with van der Waals surface area (Å²) in [6.07, 6.45) is 3.65. The molecule has 22 heavy (non-hydrogen) atoms. The second-order valence-electron chi connectivity index (χ2n) is 5.54. The van der Waals surface area contributed by atoms with Crippen molar-refractivity contribution in [3.05, 3.63) is 59.9 Å². The summed E-state index contributed by atoms with van der Waals surface area (Å²) < 4.78 is 5.93. The molecule has 0 spiro atoms. The monoisotopic (exact) mass is 296 g/mol. The lowest BCUT2D eigenvalue weighted by molar-refractivity contribution is 0.218. The fourth-order valence-corrected chi connectivity index (χ4v) is 2.35. The summed E-state index contributed by atoms with van der Waals surface area (Å²) >= 11 is 0. The molecule has 1 atom stereocenters. The molecule has 0 aliphatic carbocycles. The van der Waals surface area contributed by atoms with Crippen molar-refractivity contribution in [3.8, 4) is 11.3 Å². The first kappa shape index (κ1) is 14.5. The lowest BCUT2D eigenvalue weighted by Gasteiger charge is -2.21. The molecule has 0 aliphatic rings. The third-order valence-corrected chi connectivity index (χ3v) is 3.95. The third kappa shape index (κ3) is 2.94. The topological polar surface area (TPSA) is 58.0 Å². The van der Waals surface area contributed by atoms with E-state index in [4.69, 9.17) is 4.42 Å². The van der Waals surface area contributed by atoms with E-state index < -0.39 is 0 Å². The van der Waals surface area contributed by atoms with Crippen molar-refractivity contribution in [2.75, 3.05) is 7.05 Å². The van der Waals surface area contributed by atoms with Crippen molar-refractivity contribution < 1.29 is 4.42 Å². The molecule has 0 amide bonds. The van der Waals surface area contributed by atoms with Crippen LogP contribution in [0.2, 0.25) is 0 Å². The van der Waals surface area contributed by atoms with E-state index in [9.17, 15) is 0 Å². The number of aryl methyl sites for hydroxylation is 1. The van der Waals surface area contributed by atoms with Gasteiger partial charge in [0.05, 0.1) is 18.4 Å². The van der Waals surface area contributed by atoms with Crippen LogP contribution in [0.15, 0.2) is 47.1 Å². The van der Waals surface area contributed by atoms with Crippen molar-refractivity contribution >= 4 is 0 Å². The van der Waals surface area contributed by atoms with E-state index >= 15 is 0 Å². The van der Waals surface area contributed by atoms with E-state index in [0.29, 0.717) is 0 Å². The van der Waals surface area contributed by atoms with Crippen LogP contribution in [0.4, 0.5) is 0 Å². The maximum absolute atomic E-state index is 5.93. The molecule has 0 aliphatic heterocycles. The van der Waals surface area contributed by atoms with Crippen molar-refractivity contribution in [2.45, 2.75) is 26.4 Å². The first-order valence-electron chi connectivity index (χ1n) is 7.35. The van der Waals surface area contributed by atoms with Gasteiger partial charge in [-0.15, -0.1) is 0 Å². The van der Waals surface area contributed by atoms with Gasteiger partial charge in [0.1, 0.15) is 0 Å². The Labute approximate surface area is 130 Å². The molecule has 0 saturated carbocycles. The fraction of sp³-hybridized carbons (Fsp3) is 0.294. The van der Waals surface area contributed by atoms with E-state index in [-0.39, 0.29) is 6.04 Å². The molecular formula is C17H20N4O. The minimum atomic E-state index is 0.0896. The van der Waals surface area contributed by atoms with Crippen LogP contribution in [0, 0.1) is 6.92 Å². The van der Waals surface area contributed by atoms with E-state index in [1.165, 1.54) is 5.56 Å². The van der Waals surface area contributed by atoms with E-state index in [1.54, 1.807) is 6.20 Å². The van der Waals surface area contributed by atoms with Gasteiger partial charge in [0.25, 0.3) is 0 Å². The highest BCUT2D eigenvalue weighted by molar-refractivity contribution is 5.55. The second kappa shape index (κ2) is 6.15. The zero-order chi connectivity index (χ0) is 15.5. The number of hydrogen-bond acceptors (Lipinski definition) is 4. The molecule has 5 heteroatoms. The summed E-state index contributed by atoms with van der Waals surface area (Å²) in [6, 6.07) is 10.1. The average molecular weight is 296 g/mol. The minimum Gasteiger partial charge on any atom is -0.439 e. The molecule has 3 aromatic rings. The summed E-state index contributed by atoms with van der Waals surface area (Å²) in [7, 11) is 2.06. The number of rotatable bonds is 5. The molecule has 0 bridgehead atoms. The van der Waals surface area contributed by atoms with Gasteiger partial charge in [-0.3, -0.25) is 10.00 Å². The quantitative estimate of drug-likeness (QED) is 0.782. The van der Waals surface area contributed by atoms with E-state index in [2.05, 4.69) is 34.1 Å². The number of aromatic amines is 1. The zero-order valence-corrected chi connectivity index (χ0v) is 13.1. The maximum atomic E-state index is 5.93. The standard InChI is InChI=1S/C17H20N4O/c1-12-15(9-19-20-12)11-21(3)13(2)17-18-10-16(22-17)14-7-5-4-6-8-14/h4-10,13H,11H2,1-3H3,(H,19,20). The van der Waals surface area contributed by atoms with Gasteiger partial charge < -0.3 is 4.42 Å². The Morgan fingerprint density at radius 1 is 1.23 bits per heavy atom. The van der Waals surface area contributed by atoms with Crippen LogP contribution in [-0.4, -0.2) is 27.1 Å². The number of nitrogens with zero attached hydrogens (tertiary/aromatic N) is 3. The van der Waals surface area contributed by atoms with Crippen molar-refractivity contribution in [3.63, 3.8) is 0 Å². The predicted octanol–water partition coefficient (Wildman–Crippen LogP) is 3.57. The first-order valence-corrected chi connectivity index (χ1v) is 7.35. The van der Waals surface area contributed by atoms with Crippen LogP contribution in [0.1, 0.15) is 30.1 Å². The van der Waals surface area contributed by atoms with Crippen molar-refractivity contribution in [1.29, 1.82) is 0 Å². The molecule has 5 nitrogen and oxygen atoms in total. The Hall–Kier alpha value is -2.40. The highest BCUT2D eigenvalue weighted by Crippen LogP contribution is 2.26. The molecular weight excluding hydrogens is 276 g/mol. The van der Waals surface area contributed by atoms with Crippen LogP contribution in [0.25, 0.3) is 11.3 Å². The van der Waals surface area contributed by atoms with Gasteiger partial charge in [-0.05, 0) is 20.9 Å². The summed E-state index contributed by atoms with van der Waals surface area (Å²) in [5, 5.41) is 7.02. The number of H-pyrrole nitrogens is 1. The highest BCUT2D eigenvalue weighted by Gasteiger charge is 2.19. The van der Waals surface area contributed by atoms with Gasteiger partial charge in [-0.1, -0.05) is 30.3 Å². The van der Waals surface area contributed by atoms with Crippen LogP contribution in [-0.2, 0) is 6.54 Å². The fourth-order valence-electron chi connectivity index (χ4n) is 2.35. The third-order valence-electron chi connectivity index (χ3n) is 3.95. The maximum Gasteiger partial charge on any atom is 0.211 e. The molecule has 2 aromatic heterocycles. The van der Waals surface area contributed by atoms with Crippen LogP contribution in [0.5, 0.6) is 0 Å². The van der Waals surface area contributed by atoms with Crippen LogP contribution in [0.3, 0.4) is 0 Å². The highest BCUT2D eigenvalue weighted by atomic mass is 16.4. The predicted molar refractivity (Wildman–Crippen MR) is 85.1 cm³/mol. The molecule has 2 heterocycles. The molecule has 0 saturated heterocycles. The lowest BCUT2D eigenvalue weighted by atomic mass is 10.2. The number of hydrogen-bond donors (Lipinski definition) is 1. The smallest absolute Gasteiger partial charge is 0.211 e. The first-order chi connectivity index (χ1) is 10.6. The van der Waals surface area contributed by atoms with Gasteiger partial charge in [0, 0.05) is 23.4 Å². The van der Waals surface area contributed by atoms with Crippen LogP contribution >= 0.6 is 0 Å². The van der Waals surface area contributed by atoms with E-state index in [0.717, 1.165) is 29.5 Å². The van der Waals surface area contributed by atoms with Gasteiger partial charge in [0.2, 0.25) is 5.89 Å².